The maximum Gasteiger partial charge on any atom is 0.227 e. The number of hydrogen-bond donors (Lipinski definition) is 0. The number of allylic oxidation sites excluding steroid dienone is 1. The van der Waals surface area contributed by atoms with Crippen molar-refractivity contribution in [1.29, 1.82) is 0 Å². The van der Waals surface area contributed by atoms with Gasteiger partial charge in [-0.1, -0.05) is 101 Å². The van der Waals surface area contributed by atoms with E-state index in [2.05, 4.69) is 152 Å². The second-order valence-corrected chi connectivity index (χ2v) is 21.4. The predicted molar refractivity (Wildman–Crippen MR) is 216 cm³/mol. The standard InChI is InChI=1S/C47H47N3OSi/c1-29(2)34-23-24-49-27-30(3)45-37(21-18-33-19-22-38-39-20-17-31(4)48-47(39)51-46(38)44(33)42(49)25-34)35-15-11-12-16-36(35)41-26-40(32-13-9-8-10-14-32)43(28-50(41)45)52(5,6)7/h8-17,19-20,22-26,28-29,37,45H,3,18,21,27H2,1-2,4-7H3/q+2. The van der Waals surface area contributed by atoms with Gasteiger partial charge in [-0.2, -0.15) is 9.13 Å². The minimum Gasteiger partial charge on any atom is -0.437 e. The van der Waals surface area contributed by atoms with Crippen LogP contribution in [0.15, 0.2) is 126 Å². The number of benzene rings is 3. The van der Waals surface area contributed by atoms with E-state index in [1.54, 1.807) is 0 Å². The Balaban J connectivity index is 1.29. The number of pyridine rings is 3. The molecule has 7 aromatic rings. The molecule has 4 nitrogen and oxygen atoms in total. The van der Waals surface area contributed by atoms with Gasteiger partial charge in [-0.15, -0.1) is 0 Å². The fourth-order valence-electron chi connectivity index (χ4n) is 8.90. The number of aromatic nitrogens is 3. The molecule has 0 N–H and O–H groups in total. The van der Waals surface area contributed by atoms with Gasteiger partial charge < -0.3 is 4.42 Å². The van der Waals surface area contributed by atoms with Crippen molar-refractivity contribution < 1.29 is 13.6 Å². The number of nitrogens with zero attached hydrogens (tertiary/aromatic N) is 3. The summed E-state index contributed by atoms with van der Waals surface area (Å²) in [6.07, 6.45) is 6.73. The van der Waals surface area contributed by atoms with Gasteiger partial charge in [0.2, 0.25) is 17.1 Å². The second kappa shape index (κ2) is 12.2. The van der Waals surface area contributed by atoms with Crippen LogP contribution in [0.1, 0.15) is 60.5 Å². The first kappa shape index (κ1) is 32.8. The van der Waals surface area contributed by atoms with E-state index in [0.29, 0.717) is 18.2 Å². The molecule has 258 valence electrons. The van der Waals surface area contributed by atoms with E-state index in [0.717, 1.165) is 34.9 Å². The number of furan rings is 1. The molecule has 5 heteroatoms. The molecular formula is C47H47N3OSi+2. The van der Waals surface area contributed by atoms with Crippen molar-refractivity contribution in [2.24, 2.45) is 0 Å². The third-order valence-corrected chi connectivity index (χ3v) is 13.6. The van der Waals surface area contributed by atoms with Gasteiger partial charge >= 0.3 is 0 Å². The average molecular weight is 698 g/mol. The Morgan fingerprint density at radius 1 is 0.846 bits per heavy atom. The smallest absolute Gasteiger partial charge is 0.227 e. The van der Waals surface area contributed by atoms with E-state index in [1.807, 2.05) is 6.92 Å². The highest BCUT2D eigenvalue weighted by molar-refractivity contribution is 6.89. The third kappa shape index (κ3) is 5.28. The summed E-state index contributed by atoms with van der Waals surface area (Å²) in [4.78, 5) is 4.81. The van der Waals surface area contributed by atoms with Gasteiger partial charge in [-0.3, -0.25) is 0 Å². The molecule has 2 aliphatic heterocycles. The molecule has 2 atom stereocenters. The summed E-state index contributed by atoms with van der Waals surface area (Å²) >= 11 is 0. The molecule has 0 radical (unpaired) electrons. The van der Waals surface area contributed by atoms with Crippen molar-refractivity contribution in [3.8, 4) is 33.6 Å². The first-order chi connectivity index (χ1) is 25.1. The Hall–Kier alpha value is -5.13. The van der Waals surface area contributed by atoms with Crippen molar-refractivity contribution in [2.75, 3.05) is 0 Å². The quantitative estimate of drug-likeness (QED) is 0.105. The topological polar surface area (TPSA) is 33.8 Å². The molecule has 4 aromatic heterocycles. The lowest BCUT2D eigenvalue weighted by Crippen LogP contribution is -2.55. The lowest BCUT2D eigenvalue weighted by Gasteiger charge is -2.33. The zero-order valence-electron chi connectivity index (χ0n) is 31.2. The Kier molecular flexibility index (Phi) is 7.71. The van der Waals surface area contributed by atoms with Crippen molar-refractivity contribution >= 4 is 35.3 Å². The van der Waals surface area contributed by atoms with Crippen LogP contribution in [0.5, 0.6) is 0 Å². The fourth-order valence-corrected chi connectivity index (χ4v) is 10.5. The van der Waals surface area contributed by atoms with E-state index < -0.39 is 8.07 Å². The molecule has 0 bridgehead atoms. The summed E-state index contributed by atoms with van der Waals surface area (Å²) in [6.45, 7) is 19.7. The fraction of sp³-hybridized carbons (Fsp3) is 0.255. The lowest BCUT2D eigenvalue weighted by molar-refractivity contribution is -0.722. The van der Waals surface area contributed by atoms with Crippen LogP contribution in [-0.4, -0.2) is 13.1 Å². The molecule has 6 heterocycles. The molecule has 52 heavy (non-hydrogen) atoms. The summed E-state index contributed by atoms with van der Waals surface area (Å²) < 4.78 is 11.8. The van der Waals surface area contributed by atoms with Crippen LogP contribution in [0, 0.1) is 6.92 Å². The molecule has 0 aliphatic carbocycles. The van der Waals surface area contributed by atoms with Crippen LogP contribution in [0.2, 0.25) is 19.6 Å². The van der Waals surface area contributed by atoms with Gasteiger partial charge in [0.25, 0.3) is 0 Å². The molecule has 0 saturated heterocycles. The Bertz CT molecular complexity index is 2560. The van der Waals surface area contributed by atoms with Crippen molar-refractivity contribution in [1.82, 2.24) is 4.98 Å². The zero-order chi connectivity index (χ0) is 35.9. The first-order valence-electron chi connectivity index (χ1n) is 18.8. The monoisotopic (exact) mass is 697 g/mol. The van der Waals surface area contributed by atoms with Gasteiger partial charge in [-0.25, -0.2) is 4.98 Å². The van der Waals surface area contributed by atoms with E-state index in [9.17, 15) is 0 Å². The van der Waals surface area contributed by atoms with Crippen LogP contribution in [-0.2, 0) is 13.0 Å². The highest BCUT2D eigenvalue weighted by Crippen LogP contribution is 2.46. The lowest BCUT2D eigenvalue weighted by atomic mass is 9.76. The highest BCUT2D eigenvalue weighted by atomic mass is 28.3. The van der Waals surface area contributed by atoms with E-state index in [1.165, 1.54) is 61.1 Å². The molecule has 0 amide bonds. The summed E-state index contributed by atoms with van der Waals surface area (Å²) in [5, 5.41) is 3.68. The number of rotatable bonds is 3. The molecule has 2 aliphatic rings. The summed E-state index contributed by atoms with van der Waals surface area (Å²) in [6, 6.07) is 36.3. The summed E-state index contributed by atoms with van der Waals surface area (Å²) in [5.74, 6) is 0.659. The average Bonchev–Trinajstić information content (AvgIpc) is 3.50. The Morgan fingerprint density at radius 3 is 2.40 bits per heavy atom. The molecular weight excluding hydrogens is 651 g/mol. The second-order valence-electron chi connectivity index (χ2n) is 16.4. The van der Waals surface area contributed by atoms with Crippen LogP contribution >= 0.6 is 0 Å². The maximum absolute atomic E-state index is 6.74. The maximum atomic E-state index is 6.74. The van der Waals surface area contributed by atoms with Crippen LogP contribution < -0.4 is 14.3 Å². The Morgan fingerprint density at radius 2 is 1.62 bits per heavy atom. The molecule has 9 rings (SSSR count). The van der Waals surface area contributed by atoms with Gasteiger partial charge in [-0.05, 0) is 71.7 Å². The molecule has 0 spiro atoms. The van der Waals surface area contributed by atoms with Crippen LogP contribution in [0.3, 0.4) is 0 Å². The SMILES string of the molecule is C=C1C[n+]2ccc(C(C)C)cc2-c2c(ccc3c2oc2nc(C)ccc23)CCC2c3ccccc3-c3cc(-c4ccccc4)c([Si](C)(C)C)c[n+]3C12. The molecule has 2 unspecified atom stereocenters. The summed E-state index contributed by atoms with van der Waals surface area (Å²) in [5.41, 5.74) is 15.5. The molecule has 3 aromatic carbocycles. The van der Waals surface area contributed by atoms with E-state index >= 15 is 0 Å². The summed E-state index contributed by atoms with van der Waals surface area (Å²) in [7, 11) is -1.77. The molecule has 0 fully saturated rings. The number of hydrogen-bond acceptors (Lipinski definition) is 2. The largest absolute Gasteiger partial charge is 0.437 e. The Labute approximate surface area is 308 Å². The molecule has 0 saturated carbocycles. The van der Waals surface area contributed by atoms with E-state index in [4.69, 9.17) is 16.0 Å². The van der Waals surface area contributed by atoms with Crippen molar-refractivity contribution in [3.05, 3.63) is 144 Å². The van der Waals surface area contributed by atoms with Crippen LogP contribution in [0.25, 0.3) is 55.7 Å². The van der Waals surface area contributed by atoms with Gasteiger partial charge in [0.15, 0.2) is 30.6 Å². The number of aryl methyl sites for hydroxylation is 2. The van der Waals surface area contributed by atoms with E-state index in [-0.39, 0.29) is 12.0 Å². The normalized spacial score (nSPS) is 17.0. The van der Waals surface area contributed by atoms with Gasteiger partial charge in [0.05, 0.1) is 25.1 Å². The van der Waals surface area contributed by atoms with Crippen LogP contribution in [0.4, 0.5) is 0 Å². The predicted octanol–water partition coefficient (Wildman–Crippen LogP) is 10.4. The minimum atomic E-state index is -1.77. The minimum absolute atomic E-state index is 0.110. The zero-order valence-corrected chi connectivity index (χ0v) is 32.2. The van der Waals surface area contributed by atoms with Crippen molar-refractivity contribution in [3.63, 3.8) is 0 Å². The van der Waals surface area contributed by atoms with Crippen molar-refractivity contribution in [2.45, 2.75) is 77.7 Å². The van der Waals surface area contributed by atoms with Gasteiger partial charge in [0, 0.05) is 45.4 Å². The number of fused-ring (bicyclic) bond motifs is 13. The third-order valence-electron chi connectivity index (χ3n) is 11.6. The van der Waals surface area contributed by atoms with Gasteiger partial charge in [0.1, 0.15) is 0 Å². The highest BCUT2D eigenvalue weighted by Gasteiger charge is 2.45. The first-order valence-corrected chi connectivity index (χ1v) is 22.3.